The minimum atomic E-state index is -1.09. The molecule has 34 heavy (non-hydrogen) atoms. The molecule has 9 heteroatoms. The van der Waals surface area contributed by atoms with Crippen molar-refractivity contribution in [2.24, 2.45) is 0 Å². The van der Waals surface area contributed by atoms with Crippen LogP contribution < -0.4 is 15.4 Å². The number of fused-ring (bicyclic) bond motifs is 1. The minimum absolute atomic E-state index is 0.372. The highest BCUT2D eigenvalue weighted by Crippen LogP contribution is 2.41. The molecule has 2 aromatic carbocycles. The predicted molar refractivity (Wildman–Crippen MR) is 133 cm³/mol. The lowest BCUT2D eigenvalue weighted by Crippen LogP contribution is -2.29. The van der Waals surface area contributed by atoms with Crippen molar-refractivity contribution in [1.29, 1.82) is 0 Å². The lowest BCUT2D eigenvalue weighted by Gasteiger charge is -2.11. The Labute approximate surface area is 200 Å². The van der Waals surface area contributed by atoms with Gasteiger partial charge in [-0.2, -0.15) is 0 Å². The van der Waals surface area contributed by atoms with Crippen molar-refractivity contribution in [2.75, 3.05) is 18.5 Å². The quantitative estimate of drug-likeness (QED) is 0.330. The summed E-state index contributed by atoms with van der Waals surface area (Å²) < 4.78 is 5.58. The van der Waals surface area contributed by atoms with Gasteiger partial charge in [0.2, 0.25) is 0 Å². The maximum atomic E-state index is 12.1. The first-order valence-electron chi connectivity index (χ1n) is 10.7. The third-order valence-corrected chi connectivity index (χ3v) is 6.10. The average Bonchev–Trinajstić information content (AvgIpc) is 3.14. The lowest BCUT2D eigenvalue weighted by molar-refractivity contribution is -0.135. The molecule has 174 valence electrons. The number of amides is 1. The minimum Gasteiger partial charge on any atom is -0.494 e. The molecule has 0 aliphatic rings. The molecule has 8 nitrogen and oxygen atoms in total. The molecule has 0 atom stereocenters. The fourth-order valence-electron chi connectivity index (χ4n) is 3.64. The van der Waals surface area contributed by atoms with Crippen molar-refractivity contribution < 1.29 is 19.4 Å². The highest BCUT2D eigenvalue weighted by atomic mass is 32.1. The molecule has 3 N–H and O–H groups in total. The van der Waals surface area contributed by atoms with Crippen molar-refractivity contribution in [3.63, 3.8) is 0 Å². The first kappa shape index (κ1) is 23.2. The van der Waals surface area contributed by atoms with E-state index >= 15 is 0 Å². The number of aromatic nitrogens is 2. The number of carbonyl (C=O) groups excluding carboxylic acids is 1. The molecule has 0 unspecified atom stereocenters. The van der Waals surface area contributed by atoms with E-state index in [1.165, 1.54) is 0 Å². The highest BCUT2D eigenvalue weighted by molar-refractivity contribution is 7.19. The number of hydrogen-bond acceptors (Lipinski definition) is 7. The third kappa shape index (κ3) is 4.99. The monoisotopic (exact) mass is 476 g/mol. The molecule has 0 saturated heterocycles. The Morgan fingerprint density at radius 3 is 2.38 bits per heavy atom. The number of nitrogens with zero attached hydrogens (tertiary/aromatic N) is 2. The second-order valence-electron chi connectivity index (χ2n) is 7.57. The van der Waals surface area contributed by atoms with Gasteiger partial charge in [-0.1, -0.05) is 12.1 Å². The predicted octanol–water partition coefficient (Wildman–Crippen LogP) is 4.93. The van der Waals surface area contributed by atoms with Gasteiger partial charge in [0, 0.05) is 21.7 Å². The van der Waals surface area contributed by atoms with Gasteiger partial charge in [-0.3, -0.25) is 9.59 Å². The summed E-state index contributed by atoms with van der Waals surface area (Å²) in [4.78, 5) is 34.1. The molecule has 1 amide bonds. The normalized spacial score (nSPS) is 10.8. The number of anilines is 2. The molecule has 0 radical (unpaired) electrons. The standard InChI is InChI=1S/C25H24N4O4S/c1-4-33-19-11-7-16(8-12-19)21-14(2)34-25-22(21)23(27-15(3)28-25)29-18-9-5-17(6-10-18)24(32)26-13-20(30)31/h5-12H,4,13H2,1-3H3,(H,26,32)(H,30,31)(H,27,28,29). The fourth-order valence-corrected chi connectivity index (χ4v) is 4.73. The van der Waals surface area contributed by atoms with Crippen LogP contribution in [0.1, 0.15) is 28.0 Å². The molecule has 0 saturated carbocycles. The van der Waals surface area contributed by atoms with Crippen LogP contribution in [0, 0.1) is 13.8 Å². The zero-order valence-corrected chi connectivity index (χ0v) is 19.8. The number of carboxylic acid groups (broad SMARTS) is 1. The van der Waals surface area contributed by atoms with E-state index in [2.05, 4.69) is 27.5 Å². The number of carbonyl (C=O) groups is 2. The first-order valence-corrected chi connectivity index (χ1v) is 11.6. The number of ether oxygens (including phenoxy) is 1. The number of aliphatic carboxylic acids is 1. The number of thiophene rings is 1. The molecular formula is C25H24N4O4S. The van der Waals surface area contributed by atoms with E-state index in [1.54, 1.807) is 35.6 Å². The number of carboxylic acids is 1. The van der Waals surface area contributed by atoms with Crippen molar-refractivity contribution >= 4 is 44.9 Å². The summed E-state index contributed by atoms with van der Waals surface area (Å²) in [5.41, 5.74) is 3.23. The van der Waals surface area contributed by atoms with Gasteiger partial charge in [0.1, 0.15) is 28.8 Å². The Morgan fingerprint density at radius 2 is 1.74 bits per heavy atom. The van der Waals surface area contributed by atoms with Gasteiger partial charge in [0.15, 0.2) is 0 Å². The molecule has 0 bridgehead atoms. The third-order valence-electron chi connectivity index (χ3n) is 5.10. The smallest absolute Gasteiger partial charge is 0.322 e. The van der Waals surface area contributed by atoms with Gasteiger partial charge in [-0.05, 0) is 62.7 Å². The van der Waals surface area contributed by atoms with Gasteiger partial charge < -0.3 is 20.5 Å². The topological polar surface area (TPSA) is 113 Å². The number of benzene rings is 2. The Kier molecular flexibility index (Phi) is 6.74. The Hall–Kier alpha value is -3.98. The molecule has 2 heterocycles. The summed E-state index contributed by atoms with van der Waals surface area (Å²) in [5, 5.41) is 15.4. The van der Waals surface area contributed by atoms with Crippen LogP contribution in [-0.2, 0) is 4.79 Å². The van der Waals surface area contributed by atoms with Crippen LogP contribution in [0.2, 0.25) is 0 Å². The highest BCUT2D eigenvalue weighted by Gasteiger charge is 2.18. The zero-order valence-electron chi connectivity index (χ0n) is 19.0. The zero-order chi connectivity index (χ0) is 24.2. The largest absolute Gasteiger partial charge is 0.494 e. The van der Waals surface area contributed by atoms with Gasteiger partial charge in [0.25, 0.3) is 5.91 Å². The number of aryl methyl sites for hydroxylation is 2. The van der Waals surface area contributed by atoms with Crippen LogP contribution in [0.3, 0.4) is 0 Å². The van der Waals surface area contributed by atoms with E-state index in [1.807, 2.05) is 38.1 Å². The summed E-state index contributed by atoms with van der Waals surface area (Å²) in [6.07, 6.45) is 0. The van der Waals surface area contributed by atoms with Crippen molar-refractivity contribution in [3.05, 3.63) is 64.8 Å². The number of nitrogens with one attached hydrogen (secondary N) is 2. The fraction of sp³-hybridized carbons (Fsp3) is 0.200. The van der Waals surface area contributed by atoms with Gasteiger partial charge in [-0.15, -0.1) is 11.3 Å². The molecule has 0 spiro atoms. The van der Waals surface area contributed by atoms with Crippen molar-refractivity contribution in [1.82, 2.24) is 15.3 Å². The van der Waals surface area contributed by atoms with Gasteiger partial charge in [0.05, 0.1) is 12.0 Å². The van der Waals surface area contributed by atoms with Crippen molar-refractivity contribution in [2.45, 2.75) is 20.8 Å². The lowest BCUT2D eigenvalue weighted by atomic mass is 10.0. The average molecular weight is 477 g/mol. The van der Waals surface area contributed by atoms with E-state index in [0.717, 1.165) is 37.7 Å². The molecule has 2 aromatic heterocycles. The van der Waals surface area contributed by atoms with E-state index in [0.29, 0.717) is 23.8 Å². The van der Waals surface area contributed by atoms with Crippen LogP contribution >= 0.6 is 11.3 Å². The molecule has 0 aliphatic heterocycles. The maximum Gasteiger partial charge on any atom is 0.322 e. The molecule has 0 fully saturated rings. The molecule has 0 aliphatic carbocycles. The Balaban J connectivity index is 1.67. The van der Waals surface area contributed by atoms with E-state index in [9.17, 15) is 9.59 Å². The summed E-state index contributed by atoms with van der Waals surface area (Å²) in [6.45, 7) is 6.06. The van der Waals surface area contributed by atoms with Gasteiger partial charge in [-0.25, -0.2) is 9.97 Å². The summed E-state index contributed by atoms with van der Waals surface area (Å²) in [7, 11) is 0. The van der Waals surface area contributed by atoms with E-state index in [4.69, 9.17) is 9.84 Å². The second kappa shape index (κ2) is 9.88. The van der Waals surface area contributed by atoms with E-state index < -0.39 is 18.4 Å². The van der Waals surface area contributed by atoms with E-state index in [-0.39, 0.29) is 0 Å². The van der Waals surface area contributed by atoms with Crippen LogP contribution in [0.4, 0.5) is 11.5 Å². The molecule has 4 aromatic rings. The van der Waals surface area contributed by atoms with Crippen LogP contribution in [0.25, 0.3) is 21.3 Å². The van der Waals surface area contributed by atoms with Crippen LogP contribution in [0.15, 0.2) is 48.5 Å². The Bertz CT molecular complexity index is 1350. The SMILES string of the molecule is CCOc1ccc(-c2c(C)sc3nc(C)nc(Nc4ccc(C(=O)NCC(=O)O)cc4)c23)cc1. The summed E-state index contributed by atoms with van der Waals surface area (Å²) in [6, 6.07) is 14.8. The summed E-state index contributed by atoms with van der Waals surface area (Å²) in [5.74, 6) is 0.615. The summed E-state index contributed by atoms with van der Waals surface area (Å²) >= 11 is 1.62. The van der Waals surface area contributed by atoms with Gasteiger partial charge >= 0.3 is 5.97 Å². The molecular weight excluding hydrogens is 452 g/mol. The second-order valence-corrected chi connectivity index (χ2v) is 8.77. The Morgan fingerprint density at radius 1 is 1.03 bits per heavy atom. The number of rotatable bonds is 8. The van der Waals surface area contributed by atoms with Crippen LogP contribution in [0.5, 0.6) is 5.75 Å². The maximum absolute atomic E-state index is 12.1. The number of hydrogen-bond donors (Lipinski definition) is 3. The molecule has 4 rings (SSSR count). The first-order chi connectivity index (χ1) is 16.4. The van der Waals surface area contributed by atoms with Crippen LogP contribution in [-0.4, -0.2) is 40.1 Å². The van der Waals surface area contributed by atoms with Crippen molar-refractivity contribution in [3.8, 4) is 16.9 Å².